The molecule has 128 valence electrons. The number of aliphatic hydroxyl groups excluding tert-OH is 1. The zero-order chi connectivity index (χ0) is 17.4. The maximum Gasteiger partial charge on any atom is 0.326 e. The first kappa shape index (κ1) is 20.4. The minimum atomic E-state index is -1.11. The van der Waals surface area contributed by atoms with Crippen molar-refractivity contribution in [1.82, 2.24) is 10.6 Å². The number of carbonyl (C=O) groups excluding carboxylic acids is 2. The number of nitrogens with one attached hydrogen (secondary N) is 2. The molecule has 0 saturated carbocycles. The Morgan fingerprint density at radius 2 is 1.55 bits per heavy atom. The Hall–Kier alpha value is -1.63. The Morgan fingerprint density at radius 3 is 1.91 bits per heavy atom. The molecule has 22 heavy (non-hydrogen) atoms. The Balaban J connectivity index is 4.90. The number of hydrogen-bond acceptors (Lipinski definition) is 4. The Labute approximate surface area is 131 Å². The van der Waals surface area contributed by atoms with Gasteiger partial charge in [-0.05, 0) is 25.2 Å². The first-order valence-corrected chi connectivity index (χ1v) is 7.55. The summed E-state index contributed by atoms with van der Waals surface area (Å²) in [5.41, 5.74) is 0. The average molecular weight is 316 g/mol. The molecule has 0 aromatic rings. The molecule has 0 bridgehead atoms. The molecule has 0 aromatic heterocycles. The van der Waals surface area contributed by atoms with Crippen molar-refractivity contribution in [3.05, 3.63) is 0 Å². The molecule has 0 fully saturated rings. The fourth-order valence-electron chi connectivity index (χ4n) is 1.99. The molecule has 0 rings (SSSR count). The summed E-state index contributed by atoms with van der Waals surface area (Å²) in [5, 5.41) is 23.4. The van der Waals surface area contributed by atoms with Gasteiger partial charge in [0.05, 0.1) is 12.5 Å². The van der Waals surface area contributed by atoms with Crippen LogP contribution in [0, 0.1) is 11.8 Å². The van der Waals surface area contributed by atoms with Crippen molar-refractivity contribution in [2.45, 2.75) is 65.6 Å². The summed E-state index contributed by atoms with van der Waals surface area (Å²) in [6.45, 7) is 8.68. The second-order valence-electron chi connectivity index (χ2n) is 6.37. The molecule has 0 aliphatic carbocycles. The van der Waals surface area contributed by atoms with Gasteiger partial charge in [0.1, 0.15) is 12.1 Å². The summed E-state index contributed by atoms with van der Waals surface area (Å²) in [6.07, 6.45) is -0.513. The molecule has 0 radical (unpaired) electrons. The van der Waals surface area contributed by atoms with Crippen molar-refractivity contribution in [3.63, 3.8) is 0 Å². The Kier molecular flexibility index (Phi) is 8.70. The van der Waals surface area contributed by atoms with Crippen LogP contribution in [0.25, 0.3) is 0 Å². The van der Waals surface area contributed by atoms with E-state index in [1.54, 1.807) is 13.8 Å². The first-order valence-electron chi connectivity index (χ1n) is 7.55. The summed E-state index contributed by atoms with van der Waals surface area (Å²) in [7, 11) is 0. The average Bonchev–Trinajstić information content (AvgIpc) is 2.32. The van der Waals surface area contributed by atoms with E-state index < -0.39 is 36.0 Å². The SMILES string of the molecule is CC(C)CC(NC(=O)CC(C)O)C(=O)NC(C(=O)O)C(C)C. The number of hydrogen-bond donors (Lipinski definition) is 4. The first-order chi connectivity index (χ1) is 10.0. The molecule has 3 unspecified atom stereocenters. The molecule has 2 amide bonds. The van der Waals surface area contributed by atoms with Crippen molar-refractivity contribution in [2.75, 3.05) is 0 Å². The molecule has 3 atom stereocenters. The lowest BCUT2D eigenvalue weighted by Crippen LogP contribution is -2.53. The van der Waals surface area contributed by atoms with Gasteiger partial charge in [-0.3, -0.25) is 9.59 Å². The molecular weight excluding hydrogens is 288 g/mol. The quantitative estimate of drug-likeness (QED) is 0.495. The predicted octanol–water partition coefficient (Wildman–Crippen LogP) is 0.514. The number of carbonyl (C=O) groups is 3. The highest BCUT2D eigenvalue weighted by Crippen LogP contribution is 2.08. The molecular formula is C15H28N2O5. The van der Waals surface area contributed by atoms with Crippen LogP contribution in [-0.4, -0.2) is 46.2 Å². The largest absolute Gasteiger partial charge is 0.480 e. The van der Waals surface area contributed by atoms with Crippen LogP contribution < -0.4 is 10.6 Å². The van der Waals surface area contributed by atoms with E-state index in [-0.39, 0.29) is 18.3 Å². The van der Waals surface area contributed by atoms with Crippen molar-refractivity contribution >= 4 is 17.8 Å². The van der Waals surface area contributed by atoms with Gasteiger partial charge in [-0.2, -0.15) is 0 Å². The maximum atomic E-state index is 12.3. The van der Waals surface area contributed by atoms with Crippen LogP contribution in [0.15, 0.2) is 0 Å². The van der Waals surface area contributed by atoms with Crippen molar-refractivity contribution in [2.24, 2.45) is 11.8 Å². The van der Waals surface area contributed by atoms with E-state index in [0.717, 1.165) is 0 Å². The van der Waals surface area contributed by atoms with Crippen molar-refractivity contribution < 1.29 is 24.6 Å². The van der Waals surface area contributed by atoms with Crippen LogP contribution in [0.4, 0.5) is 0 Å². The minimum absolute atomic E-state index is 0.103. The van der Waals surface area contributed by atoms with Gasteiger partial charge in [0.15, 0.2) is 0 Å². The number of carboxylic acid groups (broad SMARTS) is 1. The van der Waals surface area contributed by atoms with E-state index in [0.29, 0.717) is 6.42 Å². The predicted molar refractivity (Wildman–Crippen MR) is 82.1 cm³/mol. The molecule has 0 aliphatic heterocycles. The molecule has 4 N–H and O–H groups in total. The van der Waals surface area contributed by atoms with Crippen LogP contribution in [0.1, 0.15) is 47.5 Å². The fourth-order valence-corrected chi connectivity index (χ4v) is 1.99. The third kappa shape index (κ3) is 7.97. The smallest absolute Gasteiger partial charge is 0.326 e. The lowest BCUT2D eigenvalue weighted by molar-refractivity contribution is -0.143. The van der Waals surface area contributed by atoms with Crippen LogP contribution in [-0.2, 0) is 14.4 Å². The second-order valence-corrected chi connectivity index (χ2v) is 6.37. The molecule has 0 saturated heterocycles. The summed E-state index contributed by atoms with van der Waals surface area (Å²) >= 11 is 0. The van der Waals surface area contributed by atoms with Gasteiger partial charge in [0.2, 0.25) is 11.8 Å². The highest BCUT2D eigenvalue weighted by atomic mass is 16.4. The monoisotopic (exact) mass is 316 g/mol. The summed E-state index contributed by atoms with van der Waals surface area (Å²) in [5.74, 6) is -2.19. The molecule has 7 heteroatoms. The third-order valence-corrected chi connectivity index (χ3v) is 3.07. The maximum absolute atomic E-state index is 12.3. The molecule has 0 heterocycles. The standard InChI is InChI=1S/C15H28N2O5/c1-8(2)6-11(16-12(19)7-10(5)18)14(20)17-13(9(3)4)15(21)22/h8-11,13,18H,6-7H2,1-5H3,(H,16,19)(H,17,20)(H,21,22). The molecule has 7 nitrogen and oxygen atoms in total. The number of amides is 2. The topological polar surface area (TPSA) is 116 Å². The van der Waals surface area contributed by atoms with Gasteiger partial charge in [0, 0.05) is 0 Å². The Morgan fingerprint density at radius 1 is 1.00 bits per heavy atom. The lowest BCUT2D eigenvalue weighted by Gasteiger charge is -2.24. The van der Waals surface area contributed by atoms with Gasteiger partial charge in [-0.1, -0.05) is 27.7 Å². The second kappa shape index (κ2) is 9.40. The van der Waals surface area contributed by atoms with Gasteiger partial charge >= 0.3 is 5.97 Å². The highest BCUT2D eigenvalue weighted by molar-refractivity contribution is 5.90. The molecule has 0 spiro atoms. The van der Waals surface area contributed by atoms with E-state index >= 15 is 0 Å². The summed E-state index contributed by atoms with van der Waals surface area (Å²) < 4.78 is 0. The minimum Gasteiger partial charge on any atom is -0.480 e. The molecule has 0 aliphatic rings. The van der Waals surface area contributed by atoms with E-state index in [9.17, 15) is 19.5 Å². The highest BCUT2D eigenvalue weighted by Gasteiger charge is 2.28. The summed E-state index contributed by atoms with van der Waals surface area (Å²) in [4.78, 5) is 35.2. The zero-order valence-corrected chi connectivity index (χ0v) is 13.9. The van der Waals surface area contributed by atoms with Gasteiger partial charge in [0.25, 0.3) is 0 Å². The van der Waals surface area contributed by atoms with Crippen LogP contribution in [0.3, 0.4) is 0 Å². The number of aliphatic carboxylic acids is 1. The third-order valence-electron chi connectivity index (χ3n) is 3.07. The van der Waals surface area contributed by atoms with Gasteiger partial charge in [-0.15, -0.1) is 0 Å². The van der Waals surface area contributed by atoms with E-state index in [4.69, 9.17) is 5.11 Å². The molecule has 0 aromatic carbocycles. The van der Waals surface area contributed by atoms with Crippen molar-refractivity contribution in [1.29, 1.82) is 0 Å². The van der Waals surface area contributed by atoms with Gasteiger partial charge < -0.3 is 20.8 Å². The lowest BCUT2D eigenvalue weighted by atomic mass is 10.0. The van der Waals surface area contributed by atoms with Crippen LogP contribution in [0.5, 0.6) is 0 Å². The van der Waals surface area contributed by atoms with Gasteiger partial charge in [-0.25, -0.2) is 4.79 Å². The zero-order valence-electron chi connectivity index (χ0n) is 13.9. The number of rotatable bonds is 9. The van der Waals surface area contributed by atoms with Crippen LogP contribution in [0.2, 0.25) is 0 Å². The van der Waals surface area contributed by atoms with E-state index in [2.05, 4.69) is 10.6 Å². The Bertz CT molecular complexity index is 393. The van der Waals surface area contributed by atoms with E-state index in [1.807, 2.05) is 13.8 Å². The van der Waals surface area contributed by atoms with Crippen molar-refractivity contribution in [3.8, 4) is 0 Å². The normalized spacial score (nSPS) is 15.3. The summed E-state index contributed by atoms with van der Waals surface area (Å²) in [6, 6.07) is -1.82. The fraction of sp³-hybridized carbons (Fsp3) is 0.800. The van der Waals surface area contributed by atoms with E-state index in [1.165, 1.54) is 6.92 Å². The van der Waals surface area contributed by atoms with Crippen LogP contribution >= 0.6 is 0 Å². The number of aliphatic hydroxyl groups is 1. The number of carboxylic acids is 1.